The predicted molar refractivity (Wildman–Crippen MR) is 89.9 cm³/mol. The van der Waals surface area contributed by atoms with Crippen LogP contribution >= 0.6 is 39.1 Å². The van der Waals surface area contributed by atoms with Crippen LogP contribution in [0.15, 0.2) is 34.8 Å². The Bertz CT molecular complexity index is 699. The number of carbonyl (C=O) groups excluding carboxylic acids is 1. The third kappa shape index (κ3) is 4.00. The van der Waals surface area contributed by atoms with Crippen molar-refractivity contribution >= 4 is 44.9 Å². The lowest BCUT2D eigenvalue weighted by Gasteiger charge is -2.10. The van der Waals surface area contributed by atoms with Crippen LogP contribution < -0.4 is 4.74 Å². The van der Waals surface area contributed by atoms with Crippen LogP contribution in [0.1, 0.15) is 21.5 Å². The van der Waals surface area contributed by atoms with Crippen molar-refractivity contribution < 1.29 is 9.53 Å². The number of benzene rings is 2. The summed E-state index contributed by atoms with van der Waals surface area (Å²) in [6.07, 6.45) is 0. The number of ether oxygens (including phenoxy) is 1. The van der Waals surface area contributed by atoms with Crippen molar-refractivity contribution in [2.24, 2.45) is 0 Å². The minimum atomic E-state index is -0.0948. The molecule has 2 nitrogen and oxygen atoms in total. The topological polar surface area (TPSA) is 26.3 Å². The summed E-state index contributed by atoms with van der Waals surface area (Å²) in [6.45, 7) is 3.81. The summed E-state index contributed by atoms with van der Waals surface area (Å²) in [6, 6.07) is 8.91. The Kier molecular flexibility index (Phi) is 5.31. The van der Waals surface area contributed by atoms with Crippen LogP contribution in [0.5, 0.6) is 5.75 Å². The summed E-state index contributed by atoms with van der Waals surface area (Å²) in [5.41, 5.74) is 2.70. The first-order chi connectivity index (χ1) is 9.88. The van der Waals surface area contributed by atoms with Crippen molar-refractivity contribution in [2.75, 3.05) is 6.61 Å². The molecular weight excluding hydrogens is 375 g/mol. The number of carbonyl (C=O) groups is 1. The van der Waals surface area contributed by atoms with Crippen molar-refractivity contribution in [1.82, 2.24) is 0 Å². The van der Waals surface area contributed by atoms with Gasteiger partial charge in [0.1, 0.15) is 5.75 Å². The highest BCUT2D eigenvalue weighted by atomic mass is 79.9. The molecule has 0 heterocycles. The van der Waals surface area contributed by atoms with E-state index in [2.05, 4.69) is 15.9 Å². The average Bonchev–Trinajstić information content (AvgIpc) is 2.41. The Morgan fingerprint density at radius 2 is 1.86 bits per heavy atom. The molecule has 0 spiro atoms. The lowest BCUT2D eigenvalue weighted by Crippen LogP contribution is -2.13. The Labute approximate surface area is 142 Å². The van der Waals surface area contributed by atoms with Gasteiger partial charge in [-0.1, -0.05) is 47.0 Å². The average molecular weight is 388 g/mol. The second kappa shape index (κ2) is 6.82. The van der Waals surface area contributed by atoms with Gasteiger partial charge < -0.3 is 4.74 Å². The first-order valence-electron chi connectivity index (χ1n) is 6.26. The van der Waals surface area contributed by atoms with Crippen LogP contribution in [0.25, 0.3) is 0 Å². The molecule has 0 unspecified atom stereocenters. The second-order valence-electron chi connectivity index (χ2n) is 4.73. The molecule has 0 saturated heterocycles. The Hall–Kier alpha value is -1.03. The van der Waals surface area contributed by atoms with Crippen LogP contribution in [-0.2, 0) is 0 Å². The number of ketones is 1. The zero-order valence-electron chi connectivity index (χ0n) is 11.5. The zero-order valence-corrected chi connectivity index (χ0v) is 14.6. The van der Waals surface area contributed by atoms with E-state index in [1.54, 1.807) is 12.1 Å². The van der Waals surface area contributed by atoms with Gasteiger partial charge in [-0.2, -0.15) is 0 Å². The van der Waals surface area contributed by atoms with Gasteiger partial charge in [-0.25, -0.2) is 0 Å². The molecule has 0 atom stereocenters. The van der Waals surface area contributed by atoms with Gasteiger partial charge in [0, 0.05) is 16.1 Å². The molecule has 21 heavy (non-hydrogen) atoms. The summed E-state index contributed by atoms with van der Waals surface area (Å²) < 4.78 is 6.17. The zero-order chi connectivity index (χ0) is 15.6. The number of rotatable bonds is 4. The molecule has 2 aromatic carbocycles. The molecule has 0 aliphatic carbocycles. The monoisotopic (exact) mass is 386 g/mol. The van der Waals surface area contributed by atoms with Crippen LogP contribution in [-0.4, -0.2) is 12.4 Å². The lowest BCUT2D eigenvalue weighted by molar-refractivity contribution is 0.0921. The highest BCUT2D eigenvalue weighted by Crippen LogP contribution is 2.34. The van der Waals surface area contributed by atoms with E-state index in [1.807, 2.05) is 32.0 Å². The van der Waals surface area contributed by atoms with E-state index in [0.717, 1.165) is 11.1 Å². The number of hydrogen-bond donors (Lipinski definition) is 0. The number of aryl methyl sites for hydroxylation is 2. The van der Waals surface area contributed by atoms with Gasteiger partial charge in [0.25, 0.3) is 0 Å². The highest BCUT2D eigenvalue weighted by Gasteiger charge is 2.12. The summed E-state index contributed by atoms with van der Waals surface area (Å²) in [7, 11) is 0. The van der Waals surface area contributed by atoms with Gasteiger partial charge in [0.2, 0.25) is 0 Å². The maximum atomic E-state index is 12.2. The molecule has 2 aromatic rings. The minimum absolute atomic E-state index is 0.0818. The largest absolute Gasteiger partial charge is 0.484 e. The van der Waals surface area contributed by atoms with Gasteiger partial charge in [-0.15, -0.1) is 0 Å². The number of Topliss-reactive ketones (excluding diaryl/α,β-unsaturated/α-hetero) is 1. The van der Waals surface area contributed by atoms with Crippen molar-refractivity contribution in [3.63, 3.8) is 0 Å². The SMILES string of the molecule is Cc1ccc(C(=O)COc2cc(Cl)c(Br)cc2Cl)c(C)c1. The molecular formula is C16H13BrCl2O2. The predicted octanol–water partition coefficient (Wildman–Crippen LogP) is 5.63. The lowest BCUT2D eigenvalue weighted by atomic mass is 10.0. The van der Waals surface area contributed by atoms with Crippen LogP contribution in [0.4, 0.5) is 0 Å². The molecule has 0 aliphatic heterocycles. The van der Waals surface area contributed by atoms with Crippen LogP contribution in [0.3, 0.4) is 0 Å². The third-order valence-corrected chi connectivity index (χ3v) is 4.51. The Morgan fingerprint density at radius 3 is 2.52 bits per heavy atom. The van der Waals surface area contributed by atoms with Gasteiger partial charge in [-0.3, -0.25) is 4.79 Å². The van der Waals surface area contributed by atoms with Gasteiger partial charge in [0.15, 0.2) is 12.4 Å². The van der Waals surface area contributed by atoms with Crippen LogP contribution in [0, 0.1) is 13.8 Å². The smallest absolute Gasteiger partial charge is 0.200 e. The van der Waals surface area contributed by atoms with E-state index in [4.69, 9.17) is 27.9 Å². The standard InChI is InChI=1S/C16H13BrCl2O2/c1-9-3-4-11(10(2)5-9)15(20)8-21-16-7-13(18)12(17)6-14(16)19/h3-7H,8H2,1-2H3. The fraction of sp³-hybridized carbons (Fsp3) is 0.188. The summed E-state index contributed by atoms with van der Waals surface area (Å²) >= 11 is 15.3. The van der Waals surface area contributed by atoms with Crippen molar-refractivity contribution in [2.45, 2.75) is 13.8 Å². The molecule has 0 bridgehead atoms. The van der Waals surface area contributed by atoms with E-state index >= 15 is 0 Å². The fourth-order valence-electron chi connectivity index (χ4n) is 1.96. The molecule has 110 valence electrons. The van der Waals surface area contributed by atoms with Gasteiger partial charge in [0.05, 0.1) is 10.0 Å². The molecule has 0 aliphatic rings. The quantitative estimate of drug-likeness (QED) is 0.501. The minimum Gasteiger partial charge on any atom is -0.484 e. The molecule has 0 radical (unpaired) electrons. The Balaban J connectivity index is 2.13. The van der Waals surface area contributed by atoms with E-state index in [-0.39, 0.29) is 12.4 Å². The maximum absolute atomic E-state index is 12.2. The van der Waals surface area contributed by atoms with Gasteiger partial charge >= 0.3 is 0 Å². The highest BCUT2D eigenvalue weighted by molar-refractivity contribution is 9.10. The second-order valence-corrected chi connectivity index (χ2v) is 6.40. The molecule has 5 heteroatoms. The van der Waals surface area contributed by atoms with Crippen LogP contribution in [0.2, 0.25) is 10.0 Å². The summed E-state index contributed by atoms with van der Waals surface area (Å²) in [5, 5.41) is 0.882. The first-order valence-corrected chi connectivity index (χ1v) is 7.81. The molecule has 0 aromatic heterocycles. The maximum Gasteiger partial charge on any atom is 0.200 e. The molecule has 0 fully saturated rings. The molecule has 0 saturated carbocycles. The Morgan fingerprint density at radius 1 is 1.14 bits per heavy atom. The molecule has 2 rings (SSSR count). The molecule has 0 amide bonds. The van der Waals surface area contributed by atoms with Crippen molar-refractivity contribution in [3.8, 4) is 5.75 Å². The number of halogens is 3. The van der Waals surface area contributed by atoms with E-state index in [0.29, 0.717) is 25.8 Å². The fourth-order valence-corrected chi connectivity index (χ4v) is 2.81. The van der Waals surface area contributed by atoms with E-state index in [1.165, 1.54) is 0 Å². The van der Waals surface area contributed by atoms with E-state index in [9.17, 15) is 4.79 Å². The van der Waals surface area contributed by atoms with Gasteiger partial charge in [-0.05, 0) is 41.4 Å². The normalized spacial score (nSPS) is 10.5. The summed E-state index contributed by atoms with van der Waals surface area (Å²) in [5.74, 6) is 0.297. The van der Waals surface area contributed by atoms with E-state index < -0.39 is 0 Å². The molecule has 0 N–H and O–H groups in total. The third-order valence-electron chi connectivity index (χ3n) is 3.02. The van der Waals surface area contributed by atoms with Crippen molar-refractivity contribution in [3.05, 3.63) is 61.5 Å². The summed E-state index contributed by atoms with van der Waals surface area (Å²) in [4.78, 5) is 12.2. The number of hydrogen-bond acceptors (Lipinski definition) is 2. The van der Waals surface area contributed by atoms with Crippen molar-refractivity contribution in [1.29, 1.82) is 0 Å². The first kappa shape index (κ1) is 16.3.